The molecular formula is C16H14ClF2NO. The van der Waals surface area contributed by atoms with Crippen LogP contribution in [0.4, 0.5) is 8.78 Å². The maximum atomic E-state index is 14.0. The highest BCUT2D eigenvalue weighted by atomic mass is 35.5. The van der Waals surface area contributed by atoms with Crippen molar-refractivity contribution in [2.24, 2.45) is 0 Å². The zero-order valence-electron chi connectivity index (χ0n) is 11.6. The van der Waals surface area contributed by atoms with Gasteiger partial charge in [0.2, 0.25) is 0 Å². The van der Waals surface area contributed by atoms with E-state index in [-0.39, 0.29) is 28.3 Å². The molecule has 2 nitrogen and oxygen atoms in total. The van der Waals surface area contributed by atoms with Crippen molar-refractivity contribution in [2.75, 3.05) is 0 Å². The van der Waals surface area contributed by atoms with Gasteiger partial charge in [-0.15, -0.1) is 0 Å². The van der Waals surface area contributed by atoms with Gasteiger partial charge in [-0.25, -0.2) is 8.78 Å². The summed E-state index contributed by atoms with van der Waals surface area (Å²) in [4.78, 5) is 12.1. The first-order chi connectivity index (χ1) is 9.93. The molecule has 0 spiro atoms. The molecule has 0 saturated heterocycles. The van der Waals surface area contributed by atoms with E-state index in [4.69, 9.17) is 11.6 Å². The molecule has 21 heavy (non-hydrogen) atoms. The van der Waals surface area contributed by atoms with E-state index in [0.29, 0.717) is 0 Å². The third kappa shape index (κ3) is 3.05. The van der Waals surface area contributed by atoms with Crippen LogP contribution < -0.4 is 5.32 Å². The van der Waals surface area contributed by atoms with Crippen LogP contribution >= 0.6 is 11.6 Å². The van der Waals surface area contributed by atoms with E-state index < -0.39 is 17.5 Å². The number of benzene rings is 2. The van der Waals surface area contributed by atoms with Gasteiger partial charge in [0, 0.05) is 12.1 Å². The lowest BCUT2D eigenvalue weighted by Crippen LogP contribution is -2.25. The highest BCUT2D eigenvalue weighted by Gasteiger charge is 2.23. The normalized spacial score (nSPS) is 10.5. The predicted octanol–water partition coefficient (Wildman–Crippen LogP) is 4.17. The average Bonchev–Trinajstić information content (AvgIpc) is 2.50. The SMILES string of the molecule is Cc1c(F)c(F)c(C(=O)NCc2ccccc2)c(C)c1Cl. The molecule has 1 amide bonds. The second kappa shape index (κ2) is 6.22. The molecule has 0 atom stereocenters. The number of halogens is 3. The second-order valence-corrected chi connectivity index (χ2v) is 5.11. The molecule has 0 unspecified atom stereocenters. The van der Waals surface area contributed by atoms with Crippen molar-refractivity contribution < 1.29 is 13.6 Å². The Kier molecular flexibility index (Phi) is 4.58. The smallest absolute Gasteiger partial charge is 0.254 e. The van der Waals surface area contributed by atoms with E-state index in [1.807, 2.05) is 30.3 Å². The van der Waals surface area contributed by atoms with Gasteiger partial charge in [-0.3, -0.25) is 4.79 Å². The van der Waals surface area contributed by atoms with Crippen LogP contribution in [0.15, 0.2) is 30.3 Å². The lowest BCUT2D eigenvalue weighted by molar-refractivity contribution is 0.0945. The van der Waals surface area contributed by atoms with Crippen LogP contribution in [-0.2, 0) is 6.54 Å². The van der Waals surface area contributed by atoms with Crippen molar-refractivity contribution in [3.05, 3.63) is 69.2 Å². The Morgan fingerprint density at radius 1 is 1.10 bits per heavy atom. The summed E-state index contributed by atoms with van der Waals surface area (Å²) in [5.74, 6) is -2.94. The third-order valence-electron chi connectivity index (χ3n) is 3.30. The number of nitrogens with one attached hydrogen (secondary N) is 1. The minimum absolute atomic E-state index is 0.00581. The Bertz CT molecular complexity index is 657. The summed E-state index contributed by atoms with van der Waals surface area (Å²) in [6, 6.07) is 9.16. The zero-order chi connectivity index (χ0) is 15.6. The quantitative estimate of drug-likeness (QED) is 0.847. The summed E-state index contributed by atoms with van der Waals surface area (Å²) < 4.78 is 27.7. The zero-order valence-corrected chi connectivity index (χ0v) is 12.4. The van der Waals surface area contributed by atoms with Gasteiger partial charge in [0.05, 0.1) is 10.6 Å². The highest BCUT2D eigenvalue weighted by Crippen LogP contribution is 2.29. The minimum atomic E-state index is -1.17. The molecule has 0 radical (unpaired) electrons. The van der Waals surface area contributed by atoms with E-state index in [1.165, 1.54) is 13.8 Å². The molecule has 0 aliphatic carbocycles. The first-order valence-electron chi connectivity index (χ1n) is 6.39. The summed E-state index contributed by atoms with van der Waals surface area (Å²) in [6.07, 6.45) is 0. The van der Waals surface area contributed by atoms with E-state index in [9.17, 15) is 13.6 Å². The molecule has 110 valence electrons. The van der Waals surface area contributed by atoms with Crippen molar-refractivity contribution >= 4 is 17.5 Å². The van der Waals surface area contributed by atoms with E-state index in [0.717, 1.165) is 5.56 Å². The van der Waals surface area contributed by atoms with Crippen molar-refractivity contribution in [1.29, 1.82) is 0 Å². The van der Waals surface area contributed by atoms with E-state index in [2.05, 4.69) is 5.32 Å². The molecule has 2 rings (SSSR count). The number of hydrogen-bond acceptors (Lipinski definition) is 1. The van der Waals surface area contributed by atoms with Crippen LogP contribution in [0, 0.1) is 25.5 Å². The monoisotopic (exact) mass is 309 g/mol. The van der Waals surface area contributed by atoms with Crippen molar-refractivity contribution in [3.8, 4) is 0 Å². The van der Waals surface area contributed by atoms with Gasteiger partial charge in [0.1, 0.15) is 0 Å². The van der Waals surface area contributed by atoms with Crippen LogP contribution in [0.3, 0.4) is 0 Å². The van der Waals surface area contributed by atoms with Crippen LogP contribution in [-0.4, -0.2) is 5.91 Å². The van der Waals surface area contributed by atoms with E-state index >= 15 is 0 Å². The summed E-state index contributed by atoms with van der Waals surface area (Å²) in [5, 5.41) is 2.63. The first kappa shape index (κ1) is 15.4. The maximum Gasteiger partial charge on any atom is 0.254 e. The lowest BCUT2D eigenvalue weighted by atomic mass is 10.0. The Labute approximate surface area is 126 Å². The van der Waals surface area contributed by atoms with Gasteiger partial charge >= 0.3 is 0 Å². The van der Waals surface area contributed by atoms with Gasteiger partial charge in [-0.1, -0.05) is 41.9 Å². The van der Waals surface area contributed by atoms with Crippen LogP contribution in [0.1, 0.15) is 27.0 Å². The molecule has 0 aromatic heterocycles. The fourth-order valence-electron chi connectivity index (χ4n) is 2.06. The first-order valence-corrected chi connectivity index (χ1v) is 6.77. The predicted molar refractivity (Wildman–Crippen MR) is 78.5 cm³/mol. The van der Waals surface area contributed by atoms with Crippen LogP contribution in [0.25, 0.3) is 0 Å². The fourth-order valence-corrected chi connectivity index (χ4v) is 2.24. The average molecular weight is 310 g/mol. The van der Waals surface area contributed by atoms with Gasteiger partial charge in [0.25, 0.3) is 5.91 Å². The van der Waals surface area contributed by atoms with Crippen molar-refractivity contribution in [2.45, 2.75) is 20.4 Å². The molecule has 0 aliphatic rings. The maximum absolute atomic E-state index is 14.0. The molecule has 0 aliphatic heterocycles. The second-order valence-electron chi connectivity index (χ2n) is 4.74. The van der Waals surface area contributed by atoms with Crippen molar-refractivity contribution in [1.82, 2.24) is 5.32 Å². The number of amides is 1. The molecular weight excluding hydrogens is 296 g/mol. The third-order valence-corrected chi connectivity index (χ3v) is 3.86. The van der Waals surface area contributed by atoms with Crippen molar-refractivity contribution in [3.63, 3.8) is 0 Å². The van der Waals surface area contributed by atoms with E-state index in [1.54, 1.807) is 0 Å². The fraction of sp³-hybridized carbons (Fsp3) is 0.188. The molecule has 0 bridgehead atoms. The molecule has 0 fully saturated rings. The van der Waals surface area contributed by atoms with Crippen LogP contribution in [0.5, 0.6) is 0 Å². The Hall–Kier alpha value is -1.94. The summed E-state index contributed by atoms with van der Waals surface area (Å²) in [5.41, 5.74) is 0.756. The Morgan fingerprint density at radius 3 is 2.33 bits per heavy atom. The highest BCUT2D eigenvalue weighted by molar-refractivity contribution is 6.32. The Morgan fingerprint density at radius 2 is 1.71 bits per heavy atom. The standard InChI is InChI=1S/C16H14ClF2NO/c1-9-12(15(19)14(18)10(2)13(9)17)16(21)20-8-11-6-4-3-5-7-11/h3-7H,8H2,1-2H3,(H,20,21). The number of carbonyl (C=O) groups excluding carboxylic acids is 1. The van der Waals surface area contributed by atoms with Gasteiger partial charge in [-0.05, 0) is 25.0 Å². The molecule has 0 saturated carbocycles. The minimum Gasteiger partial charge on any atom is -0.348 e. The summed E-state index contributed by atoms with van der Waals surface area (Å²) in [6.45, 7) is 3.10. The summed E-state index contributed by atoms with van der Waals surface area (Å²) >= 11 is 5.93. The van der Waals surface area contributed by atoms with Gasteiger partial charge < -0.3 is 5.32 Å². The van der Waals surface area contributed by atoms with Gasteiger partial charge in [0.15, 0.2) is 11.6 Å². The largest absolute Gasteiger partial charge is 0.348 e. The lowest BCUT2D eigenvalue weighted by Gasteiger charge is -2.13. The number of hydrogen-bond donors (Lipinski definition) is 1. The Balaban J connectivity index is 2.28. The molecule has 1 N–H and O–H groups in total. The molecule has 5 heteroatoms. The topological polar surface area (TPSA) is 29.1 Å². The van der Waals surface area contributed by atoms with Gasteiger partial charge in [-0.2, -0.15) is 0 Å². The number of rotatable bonds is 3. The van der Waals surface area contributed by atoms with Crippen LogP contribution in [0.2, 0.25) is 5.02 Å². The molecule has 0 heterocycles. The molecule has 2 aromatic rings. The number of carbonyl (C=O) groups is 1. The summed E-state index contributed by atoms with van der Waals surface area (Å²) in [7, 11) is 0. The molecule has 2 aromatic carbocycles.